The lowest BCUT2D eigenvalue weighted by atomic mass is 10.1. The lowest BCUT2D eigenvalue weighted by Crippen LogP contribution is -2.41. The van der Waals surface area contributed by atoms with Crippen molar-refractivity contribution in [2.45, 2.75) is 37.8 Å². The van der Waals surface area contributed by atoms with Gasteiger partial charge in [0.25, 0.3) is 5.56 Å². The summed E-state index contributed by atoms with van der Waals surface area (Å²) < 4.78 is 7.57. The minimum Gasteiger partial charge on any atom is -0.380 e. The van der Waals surface area contributed by atoms with Crippen LogP contribution in [0.25, 0.3) is 11.0 Å². The summed E-state index contributed by atoms with van der Waals surface area (Å²) >= 11 is 1.24. The molecule has 0 atom stereocenters. The molecule has 0 saturated heterocycles. The molecular weight excluding hydrogens is 356 g/mol. The molecule has 0 unspecified atom stereocenters. The molecule has 1 amide bonds. The molecule has 2 aromatic heterocycles. The lowest BCUT2D eigenvalue weighted by Gasteiger charge is -2.20. The van der Waals surface area contributed by atoms with E-state index in [0.717, 1.165) is 4.57 Å². The molecule has 9 heteroatoms. The Morgan fingerprint density at radius 2 is 1.92 bits per heavy atom. The molecule has 26 heavy (non-hydrogen) atoms. The summed E-state index contributed by atoms with van der Waals surface area (Å²) in [6, 6.07) is 0. The maximum atomic E-state index is 12.7. The van der Waals surface area contributed by atoms with Crippen LogP contribution in [0.15, 0.2) is 20.7 Å². The standard InChI is InChI=1S/C17H24N4O4S/c1-17(2,3)19-11(22)9-26-13-10(8-25-6)7-18-14-12(13)15(23)21(5)16(24)20(14)4/h7H,8-9H2,1-6H3,(H,19,22). The van der Waals surface area contributed by atoms with Gasteiger partial charge in [-0.25, -0.2) is 9.78 Å². The second-order valence-electron chi connectivity index (χ2n) is 7.04. The number of aromatic nitrogens is 3. The van der Waals surface area contributed by atoms with Crippen molar-refractivity contribution in [1.82, 2.24) is 19.4 Å². The third-order valence-corrected chi connectivity index (χ3v) is 4.82. The molecule has 2 heterocycles. The zero-order chi connectivity index (χ0) is 19.6. The number of aryl methyl sites for hydroxylation is 1. The number of methoxy groups -OCH3 is 1. The zero-order valence-electron chi connectivity index (χ0n) is 15.9. The van der Waals surface area contributed by atoms with Crippen molar-refractivity contribution in [1.29, 1.82) is 0 Å². The molecule has 0 aliphatic rings. The van der Waals surface area contributed by atoms with Gasteiger partial charge in [-0.05, 0) is 20.8 Å². The second kappa shape index (κ2) is 7.63. The highest BCUT2D eigenvalue weighted by Gasteiger charge is 2.20. The fourth-order valence-electron chi connectivity index (χ4n) is 2.56. The Labute approximate surface area is 155 Å². The molecule has 2 rings (SSSR count). The quantitative estimate of drug-likeness (QED) is 0.771. The average molecular weight is 380 g/mol. The zero-order valence-corrected chi connectivity index (χ0v) is 16.7. The monoisotopic (exact) mass is 380 g/mol. The Kier molecular flexibility index (Phi) is 5.92. The summed E-state index contributed by atoms with van der Waals surface area (Å²) in [5, 5.41) is 3.21. The topological polar surface area (TPSA) is 95.2 Å². The first-order valence-electron chi connectivity index (χ1n) is 8.07. The van der Waals surface area contributed by atoms with E-state index in [1.165, 1.54) is 23.4 Å². The number of carbonyl (C=O) groups excluding carboxylic acids is 1. The Balaban J connectivity index is 2.58. The van der Waals surface area contributed by atoms with Crippen molar-refractivity contribution in [2.24, 2.45) is 14.1 Å². The normalized spacial score (nSPS) is 11.8. The van der Waals surface area contributed by atoms with E-state index in [9.17, 15) is 14.4 Å². The van der Waals surface area contributed by atoms with Gasteiger partial charge in [-0.1, -0.05) is 0 Å². The summed E-state index contributed by atoms with van der Waals surface area (Å²) in [7, 11) is 4.53. The number of hydrogen-bond acceptors (Lipinski definition) is 6. The van der Waals surface area contributed by atoms with Gasteiger partial charge in [0, 0.05) is 43.4 Å². The van der Waals surface area contributed by atoms with Crippen molar-refractivity contribution in [3.8, 4) is 0 Å². The van der Waals surface area contributed by atoms with Gasteiger partial charge in [-0.15, -0.1) is 11.8 Å². The van der Waals surface area contributed by atoms with Crippen LogP contribution in [-0.2, 0) is 30.2 Å². The van der Waals surface area contributed by atoms with E-state index in [2.05, 4.69) is 10.3 Å². The molecule has 0 aliphatic carbocycles. The lowest BCUT2D eigenvalue weighted by molar-refractivity contribution is -0.119. The largest absolute Gasteiger partial charge is 0.380 e. The van der Waals surface area contributed by atoms with Gasteiger partial charge in [0.2, 0.25) is 5.91 Å². The maximum absolute atomic E-state index is 12.7. The van der Waals surface area contributed by atoms with Crippen LogP contribution in [0.2, 0.25) is 0 Å². The Morgan fingerprint density at radius 1 is 1.27 bits per heavy atom. The van der Waals surface area contributed by atoms with E-state index < -0.39 is 11.2 Å². The molecule has 0 spiro atoms. The van der Waals surface area contributed by atoms with E-state index >= 15 is 0 Å². The van der Waals surface area contributed by atoms with Crippen LogP contribution >= 0.6 is 11.8 Å². The number of thioether (sulfide) groups is 1. The first-order chi connectivity index (χ1) is 12.1. The Bertz CT molecular complexity index is 956. The average Bonchev–Trinajstić information content (AvgIpc) is 2.55. The molecule has 1 N–H and O–H groups in total. The van der Waals surface area contributed by atoms with Crippen molar-refractivity contribution in [2.75, 3.05) is 12.9 Å². The van der Waals surface area contributed by atoms with Crippen LogP contribution in [0.1, 0.15) is 26.3 Å². The number of nitrogens with one attached hydrogen (secondary N) is 1. The highest BCUT2D eigenvalue weighted by Crippen LogP contribution is 2.28. The van der Waals surface area contributed by atoms with Crippen molar-refractivity contribution in [3.05, 3.63) is 32.6 Å². The predicted molar refractivity (Wildman–Crippen MR) is 102 cm³/mol. The highest BCUT2D eigenvalue weighted by atomic mass is 32.2. The number of hydrogen-bond donors (Lipinski definition) is 1. The van der Waals surface area contributed by atoms with E-state index in [-0.39, 0.29) is 29.5 Å². The first kappa shape index (κ1) is 20.2. The second-order valence-corrected chi connectivity index (χ2v) is 8.02. The van der Waals surface area contributed by atoms with E-state index in [1.807, 2.05) is 20.8 Å². The van der Waals surface area contributed by atoms with Crippen molar-refractivity contribution in [3.63, 3.8) is 0 Å². The summed E-state index contributed by atoms with van der Waals surface area (Å²) in [5.41, 5.74) is -0.239. The van der Waals surface area contributed by atoms with Crippen molar-refractivity contribution < 1.29 is 9.53 Å². The number of amides is 1. The number of fused-ring (bicyclic) bond motifs is 1. The van der Waals surface area contributed by atoms with Crippen LogP contribution in [0.4, 0.5) is 0 Å². The highest BCUT2D eigenvalue weighted by molar-refractivity contribution is 8.00. The minimum absolute atomic E-state index is 0.138. The maximum Gasteiger partial charge on any atom is 0.332 e. The molecule has 0 saturated carbocycles. The van der Waals surface area contributed by atoms with E-state index in [0.29, 0.717) is 15.8 Å². The Hall–Kier alpha value is -2.13. The molecular formula is C17H24N4O4S. The van der Waals surface area contributed by atoms with Gasteiger partial charge in [0.1, 0.15) is 5.65 Å². The van der Waals surface area contributed by atoms with Gasteiger partial charge >= 0.3 is 5.69 Å². The van der Waals surface area contributed by atoms with Gasteiger partial charge < -0.3 is 10.1 Å². The van der Waals surface area contributed by atoms with Gasteiger partial charge in [0.15, 0.2) is 0 Å². The molecule has 0 radical (unpaired) electrons. The van der Waals surface area contributed by atoms with Crippen LogP contribution in [0, 0.1) is 0 Å². The van der Waals surface area contributed by atoms with Crippen LogP contribution < -0.4 is 16.6 Å². The number of rotatable bonds is 5. The third kappa shape index (κ3) is 4.16. The number of pyridine rings is 1. The number of ether oxygens (including phenoxy) is 1. The fraction of sp³-hybridized carbons (Fsp3) is 0.529. The van der Waals surface area contributed by atoms with E-state index in [1.54, 1.807) is 20.4 Å². The molecule has 8 nitrogen and oxygen atoms in total. The fourth-order valence-corrected chi connectivity index (χ4v) is 3.52. The number of carbonyl (C=O) groups is 1. The molecule has 0 fully saturated rings. The summed E-state index contributed by atoms with van der Waals surface area (Å²) in [6.45, 7) is 5.95. The molecule has 0 aromatic carbocycles. The van der Waals surface area contributed by atoms with Crippen LogP contribution in [0.3, 0.4) is 0 Å². The van der Waals surface area contributed by atoms with Gasteiger partial charge in [-0.3, -0.25) is 18.7 Å². The van der Waals surface area contributed by atoms with Gasteiger partial charge in [0.05, 0.1) is 17.7 Å². The molecule has 0 bridgehead atoms. The van der Waals surface area contributed by atoms with Crippen molar-refractivity contribution >= 4 is 28.7 Å². The Morgan fingerprint density at radius 3 is 2.50 bits per heavy atom. The minimum atomic E-state index is -0.448. The summed E-state index contributed by atoms with van der Waals surface area (Å²) in [6.07, 6.45) is 1.58. The summed E-state index contributed by atoms with van der Waals surface area (Å²) in [5.74, 6) is -0.00324. The SMILES string of the molecule is COCc1cnc2c(c1SCC(=O)NC(C)(C)C)c(=O)n(C)c(=O)n2C. The van der Waals surface area contributed by atoms with Gasteiger partial charge in [-0.2, -0.15) is 0 Å². The first-order valence-corrected chi connectivity index (χ1v) is 9.05. The summed E-state index contributed by atoms with van der Waals surface area (Å²) in [4.78, 5) is 41.9. The predicted octanol–water partition coefficient (Wildman–Crippen LogP) is 0.785. The van der Waals surface area contributed by atoms with E-state index in [4.69, 9.17) is 4.74 Å². The van der Waals surface area contributed by atoms with Crippen LogP contribution in [0.5, 0.6) is 0 Å². The number of nitrogens with zero attached hydrogens (tertiary/aromatic N) is 3. The molecule has 0 aliphatic heterocycles. The third-order valence-electron chi connectivity index (χ3n) is 3.66. The molecule has 2 aromatic rings. The van der Waals surface area contributed by atoms with Crippen LogP contribution in [-0.4, -0.2) is 38.4 Å². The molecule has 142 valence electrons. The smallest absolute Gasteiger partial charge is 0.332 e.